The van der Waals surface area contributed by atoms with E-state index in [0.29, 0.717) is 17.1 Å². The molecule has 0 saturated carbocycles. The maximum atomic E-state index is 12.3. The van der Waals surface area contributed by atoms with Gasteiger partial charge in [0.1, 0.15) is 0 Å². The lowest BCUT2D eigenvalue weighted by Crippen LogP contribution is -2.29. The maximum Gasteiger partial charge on any atom is 0.229 e. The Hall–Kier alpha value is -2.37. The standard InChI is InChI=1S/C20H31N3O3/c1-12(2)16(24)21-13-9-14(22-17(25)19(3,4)5)11-15(10-13)23-18(26)20(6,7)8/h9-12H,1-8H3,(H,21,24)(H,22,25)(H,23,26). The minimum absolute atomic E-state index is 0.141. The minimum Gasteiger partial charge on any atom is -0.326 e. The van der Waals surface area contributed by atoms with E-state index in [1.54, 1.807) is 32.0 Å². The first kappa shape index (κ1) is 21.7. The summed E-state index contributed by atoms with van der Waals surface area (Å²) in [6.45, 7) is 14.5. The van der Waals surface area contributed by atoms with Crippen molar-refractivity contribution in [3.05, 3.63) is 18.2 Å². The van der Waals surface area contributed by atoms with Crippen LogP contribution in [0.2, 0.25) is 0 Å². The zero-order valence-corrected chi connectivity index (χ0v) is 17.0. The van der Waals surface area contributed by atoms with Crippen LogP contribution in [0.5, 0.6) is 0 Å². The number of carbonyl (C=O) groups excluding carboxylic acids is 3. The van der Waals surface area contributed by atoms with E-state index in [1.807, 2.05) is 41.5 Å². The molecule has 0 aliphatic rings. The van der Waals surface area contributed by atoms with Crippen molar-refractivity contribution in [2.45, 2.75) is 55.4 Å². The number of rotatable bonds is 4. The van der Waals surface area contributed by atoms with Gasteiger partial charge in [-0.2, -0.15) is 0 Å². The van der Waals surface area contributed by atoms with Gasteiger partial charge in [-0.15, -0.1) is 0 Å². The number of hydrogen-bond acceptors (Lipinski definition) is 3. The predicted octanol–water partition coefficient (Wildman–Crippen LogP) is 4.25. The summed E-state index contributed by atoms with van der Waals surface area (Å²) in [4.78, 5) is 36.6. The van der Waals surface area contributed by atoms with Gasteiger partial charge in [0, 0.05) is 33.8 Å². The fraction of sp³-hybridized carbons (Fsp3) is 0.550. The van der Waals surface area contributed by atoms with E-state index < -0.39 is 10.8 Å². The molecule has 144 valence electrons. The number of hydrogen-bond donors (Lipinski definition) is 3. The molecule has 1 rings (SSSR count). The third kappa shape index (κ3) is 6.50. The molecule has 1 aromatic carbocycles. The molecule has 3 N–H and O–H groups in total. The van der Waals surface area contributed by atoms with E-state index in [2.05, 4.69) is 16.0 Å². The summed E-state index contributed by atoms with van der Waals surface area (Å²) >= 11 is 0. The van der Waals surface area contributed by atoms with Crippen molar-refractivity contribution in [3.63, 3.8) is 0 Å². The number of carbonyl (C=O) groups is 3. The first-order valence-corrected chi connectivity index (χ1v) is 8.79. The third-order valence-corrected chi connectivity index (χ3v) is 3.60. The highest BCUT2D eigenvalue weighted by Crippen LogP contribution is 2.27. The number of benzene rings is 1. The van der Waals surface area contributed by atoms with Crippen LogP contribution in [0.3, 0.4) is 0 Å². The van der Waals surface area contributed by atoms with E-state index in [9.17, 15) is 14.4 Å². The topological polar surface area (TPSA) is 87.3 Å². The molecular weight excluding hydrogens is 330 g/mol. The molecule has 0 saturated heterocycles. The highest BCUT2D eigenvalue weighted by Gasteiger charge is 2.23. The summed E-state index contributed by atoms with van der Waals surface area (Å²) in [6, 6.07) is 5.03. The van der Waals surface area contributed by atoms with Gasteiger partial charge < -0.3 is 16.0 Å². The summed E-state index contributed by atoms with van der Waals surface area (Å²) in [5, 5.41) is 8.48. The molecule has 3 amide bonds. The molecule has 0 heterocycles. The Morgan fingerprint density at radius 3 is 1.27 bits per heavy atom. The van der Waals surface area contributed by atoms with Crippen molar-refractivity contribution in [1.29, 1.82) is 0 Å². The van der Waals surface area contributed by atoms with Crippen molar-refractivity contribution < 1.29 is 14.4 Å². The second kappa shape index (κ2) is 7.89. The van der Waals surface area contributed by atoms with Gasteiger partial charge in [-0.1, -0.05) is 55.4 Å². The number of amides is 3. The zero-order valence-electron chi connectivity index (χ0n) is 17.0. The van der Waals surface area contributed by atoms with Crippen LogP contribution in [0, 0.1) is 16.7 Å². The Bertz CT molecular complexity index is 649. The van der Waals surface area contributed by atoms with Crippen molar-refractivity contribution in [3.8, 4) is 0 Å². The van der Waals surface area contributed by atoms with Gasteiger partial charge in [0.25, 0.3) is 0 Å². The van der Waals surface area contributed by atoms with Crippen LogP contribution in [0.25, 0.3) is 0 Å². The highest BCUT2D eigenvalue weighted by molar-refractivity contribution is 6.00. The van der Waals surface area contributed by atoms with Crippen LogP contribution in [0.15, 0.2) is 18.2 Å². The molecule has 0 aliphatic heterocycles. The van der Waals surface area contributed by atoms with Gasteiger partial charge in [0.2, 0.25) is 17.7 Å². The normalized spacial score (nSPS) is 11.9. The highest BCUT2D eigenvalue weighted by atomic mass is 16.2. The summed E-state index contributed by atoms with van der Waals surface area (Å²) in [5.74, 6) is -0.635. The van der Waals surface area contributed by atoms with E-state index in [4.69, 9.17) is 0 Å². The van der Waals surface area contributed by atoms with E-state index in [-0.39, 0.29) is 23.6 Å². The lowest BCUT2D eigenvalue weighted by atomic mass is 9.95. The predicted molar refractivity (Wildman–Crippen MR) is 106 cm³/mol. The van der Waals surface area contributed by atoms with Gasteiger partial charge >= 0.3 is 0 Å². The van der Waals surface area contributed by atoms with Crippen molar-refractivity contribution in [1.82, 2.24) is 0 Å². The lowest BCUT2D eigenvalue weighted by Gasteiger charge is -2.21. The smallest absolute Gasteiger partial charge is 0.229 e. The molecule has 0 atom stereocenters. The maximum absolute atomic E-state index is 12.3. The van der Waals surface area contributed by atoms with Gasteiger partial charge in [-0.05, 0) is 18.2 Å². The average Bonchev–Trinajstić information content (AvgIpc) is 2.44. The van der Waals surface area contributed by atoms with Crippen LogP contribution in [-0.2, 0) is 14.4 Å². The van der Waals surface area contributed by atoms with Crippen LogP contribution in [-0.4, -0.2) is 17.7 Å². The van der Waals surface area contributed by atoms with Crippen LogP contribution < -0.4 is 16.0 Å². The molecule has 0 unspecified atom stereocenters. The summed E-state index contributed by atoms with van der Waals surface area (Å²) in [7, 11) is 0. The quantitative estimate of drug-likeness (QED) is 0.749. The third-order valence-electron chi connectivity index (χ3n) is 3.60. The fourth-order valence-corrected chi connectivity index (χ4v) is 1.77. The fourth-order valence-electron chi connectivity index (χ4n) is 1.77. The van der Waals surface area contributed by atoms with Gasteiger partial charge in [0.15, 0.2) is 0 Å². The number of anilines is 3. The van der Waals surface area contributed by atoms with Crippen molar-refractivity contribution >= 4 is 34.8 Å². The summed E-state index contributed by atoms with van der Waals surface area (Å²) < 4.78 is 0. The Kier molecular flexibility index (Phi) is 6.58. The SMILES string of the molecule is CC(C)C(=O)Nc1cc(NC(=O)C(C)(C)C)cc(NC(=O)C(C)(C)C)c1. The molecule has 0 radical (unpaired) electrons. The molecule has 0 bridgehead atoms. The molecule has 6 nitrogen and oxygen atoms in total. The Morgan fingerprint density at radius 1 is 0.692 bits per heavy atom. The first-order chi connectivity index (χ1) is 11.7. The molecular formula is C20H31N3O3. The first-order valence-electron chi connectivity index (χ1n) is 8.79. The minimum atomic E-state index is -0.563. The molecule has 6 heteroatoms. The molecule has 26 heavy (non-hydrogen) atoms. The van der Waals surface area contributed by atoms with E-state index in [1.165, 1.54) is 0 Å². The van der Waals surface area contributed by atoms with Gasteiger partial charge in [-0.25, -0.2) is 0 Å². The molecule has 0 fully saturated rings. The molecule has 0 aliphatic carbocycles. The van der Waals surface area contributed by atoms with Crippen LogP contribution in [0.1, 0.15) is 55.4 Å². The molecule has 0 spiro atoms. The van der Waals surface area contributed by atoms with Crippen molar-refractivity contribution in [2.75, 3.05) is 16.0 Å². The van der Waals surface area contributed by atoms with Crippen LogP contribution >= 0.6 is 0 Å². The Labute approximate surface area is 156 Å². The average molecular weight is 361 g/mol. The van der Waals surface area contributed by atoms with Crippen molar-refractivity contribution in [2.24, 2.45) is 16.7 Å². The second-order valence-corrected chi connectivity index (χ2v) is 8.85. The monoisotopic (exact) mass is 361 g/mol. The summed E-state index contributed by atoms with van der Waals surface area (Å²) in [6.07, 6.45) is 0. The van der Waals surface area contributed by atoms with Gasteiger partial charge in [-0.3, -0.25) is 14.4 Å². The zero-order chi connectivity index (χ0) is 20.3. The van der Waals surface area contributed by atoms with E-state index >= 15 is 0 Å². The second-order valence-electron chi connectivity index (χ2n) is 8.85. The molecule has 0 aromatic heterocycles. The lowest BCUT2D eigenvalue weighted by molar-refractivity contribution is -0.123. The number of nitrogens with one attached hydrogen (secondary N) is 3. The van der Waals surface area contributed by atoms with E-state index in [0.717, 1.165) is 0 Å². The largest absolute Gasteiger partial charge is 0.326 e. The Balaban J connectivity index is 3.19. The Morgan fingerprint density at radius 2 is 1.00 bits per heavy atom. The van der Waals surface area contributed by atoms with Crippen LogP contribution in [0.4, 0.5) is 17.1 Å². The summed E-state index contributed by atoms with van der Waals surface area (Å²) in [5.41, 5.74) is 0.406. The molecule has 1 aromatic rings. The van der Waals surface area contributed by atoms with Gasteiger partial charge in [0.05, 0.1) is 0 Å².